The van der Waals surface area contributed by atoms with Gasteiger partial charge in [-0.3, -0.25) is 9.44 Å². The first-order valence-corrected chi connectivity index (χ1v) is 10.6. The minimum absolute atomic E-state index is 0.209. The molecule has 0 aromatic heterocycles. The Balaban J connectivity index is 3.52. The molecule has 0 radical (unpaired) electrons. The van der Waals surface area contributed by atoms with Gasteiger partial charge in [-0.15, -0.1) is 0 Å². The van der Waals surface area contributed by atoms with E-state index in [0.717, 1.165) is 0 Å². The van der Waals surface area contributed by atoms with Crippen LogP contribution in [0.2, 0.25) is 20.1 Å². The summed E-state index contributed by atoms with van der Waals surface area (Å²) in [4.78, 5) is 0. The fourth-order valence-electron chi connectivity index (χ4n) is 1.27. The Labute approximate surface area is 149 Å². The zero-order valence-electron chi connectivity index (χ0n) is 11.4. The van der Waals surface area contributed by atoms with Gasteiger partial charge in [0.1, 0.15) is 0 Å². The molecule has 0 saturated heterocycles. The van der Waals surface area contributed by atoms with Crippen LogP contribution in [0.4, 0.5) is 11.4 Å². The molecule has 0 fully saturated rings. The number of rotatable bonds is 6. The lowest BCUT2D eigenvalue weighted by molar-refractivity contribution is 0.600. The summed E-state index contributed by atoms with van der Waals surface area (Å²) in [6.45, 7) is 2.83. The van der Waals surface area contributed by atoms with Crippen LogP contribution in [0.15, 0.2) is 0 Å². The topological polar surface area (TPSA) is 92.3 Å². The number of nitrogens with one attached hydrogen (secondary N) is 2. The Morgan fingerprint density at radius 2 is 0.909 bits per heavy atom. The highest BCUT2D eigenvalue weighted by molar-refractivity contribution is 7.93. The maximum Gasteiger partial charge on any atom is 0.232 e. The third-order valence-electron chi connectivity index (χ3n) is 2.54. The van der Waals surface area contributed by atoms with Gasteiger partial charge in [0.05, 0.1) is 43.0 Å². The van der Waals surface area contributed by atoms with Crippen molar-refractivity contribution in [3.05, 3.63) is 20.1 Å². The summed E-state index contributed by atoms with van der Waals surface area (Å²) in [7, 11) is -7.36. The zero-order valence-corrected chi connectivity index (χ0v) is 16.0. The first-order valence-electron chi connectivity index (χ1n) is 5.82. The number of benzene rings is 1. The second-order valence-corrected chi connectivity index (χ2v) is 9.55. The summed E-state index contributed by atoms with van der Waals surface area (Å²) >= 11 is 23.9. The van der Waals surface area contributed by atoms with E-state index in [0.29, 0.717) is 0 Å². The predicted octanol–water partition coefficient (Wildman–Crippen LogP) is 3.82. The third-order valence-corrected chi connectivity index (χ3v) is 6.79. The molecule has 0 bridgehead atoms. The van der Waals surface area contributed by atoms with E-state index in [9.17, 15) is 16.8 Å². The van der Waals surface area contributed by atoms with Crippen LogP contribution in [0, 0.1) is 0 Å². The Morgan fingerprint density at radius 3 is 1.09 bits per heavy atom. The standard InChI is InChI=1S/C10H12Cl4N2O4S2/c1-3-21(17,18)15-9-5(11)7(13)10(8(14)6(9)12)16-22(19,20)4-2/h15-16H,3-4H2,1-2H3. The van der Waals surface area contributed by atoms with Crippen LogP contribution in [0.3, 0.4) is 0 Å². The van der Waals surface area contributed by atoms with E-state index in [4.69, 9.17) is 46.4 Å². The van der Waals surface area contributed by atoms with Crippen molar-refractivity contribution in [2.45, 2.75) is 13.8 Å². The average Bonchev–Trinajstić information content (AvgIpc) is 2.46. The van der Waals surface area contributed by atoms with Crippen molar-refractivity contribution in [1.82, 2.24) is 0 Å². The molecule has 1 aromatic rings. The minimum atomic E-state index is -3.68. The third kappa shape index (κ3) is 4.46. The minimum Gasteiger partial charge on any atom is -0.280 e. The molecule has 0 saturated carbocycles. The van der Waals surface area contributed by atoms with Gasteiger partial charge in [-0.1, -0.05) is 46.4 Å². The van der Waals surface area contributed by atoms with Crippen LogP contribution in [0.1, 0.15) is 13.8 Å². The number of anilines is 2. The maximum atomic E-state index is 11.6. The van der Waals surface area contributed by atoms with Gasteiger partial charge in [0, 0.05) is 0 Å². The van der Waals surface area contributed by atoms with Crippen molar-refractivity contribution in [2.75, 3.05) is 20.9 Å². The summed E-state index contributed by atoms with van der Waals surface area (Å²) < 4.78 is 50.8. The summed E-state index contributed by atoms with van der Waals surface area (Å²) in [6.07, 6.45) is 0. The molecular weight excluding hydrogens is 418 g/mol. The van der Waals surface area contributed by atoms with E-state index in [1.807, 2.05) is 0 Å². The smallest absolute Gasteiger partial charge is 0.232 e. The van der Waals surface area contributed by atoms with Crippen molar-refractivity contribution in [2.24, 2.45) is 0 Å². The van der Waals surface area contributed by atoms with Gasteiger partial charge >= 0.3 is 0 Å². The molecule has 0 spiro atoms. The summed E-state index contributed by atoms with van der Waals surface area (Å²) in [6, 6.07) is 0. The second kappa shape index (κ2) is 7.19. The zero-order chi connectivity index (χ0) is 17.3. The summed E-state index contributed by atoms with van der Waals surface area (Å²) in [5.74, 6) is -0.446. The molecule has 2 N–H and O–H groups in total. The fourth-order valence-corrected chi connectivity index (χ4v) is 3.85. The first-order chi connectivity index (χ1) is 9.95. The molecule has 126 valence electrons. The molecule has 0 atom stereocenters. The molecule has 12 heteroatoms. The Bertz CT molecular complexity index is 698. The first kappa shape index (κ1) is 19.9. The molecule has 1 aromatic carbocycles. The number of sulfonamides is 2. The van der Waals surface area contributed by atoms with Gasteiger partial charge in [-0.2, -0.15) is 0 Å². The number of halogens is 4. The average molecular weight is 430 g/mol. The van der Waals surface area contributed by atoms with Crippen LogP contribution < -0.4 is 9.44 Å². The molecule has 0 unspecified atom stereocenters. The molecule has 0 aliphatic rings. The Hall–Kier alpha value is -0.120. The molecule has 0 heterocycles. The largest absolute Gasteiger partial charge is 0.280 e. The highest BCUT2D eigenvalue weighted by Crippen LogP contribution is 2.48. The quantitative estimate of drug-likeness (QED) is 0.672. The Kier molecular flexibility index (Phi) is 6.51. The van der Waals surface area contributed by atoms with Crippen LogP contribution in [-0.4, -0.2) is 28.3 Å². The highest BCUT2D eigenvalue weighted by atomic mass is 35.5. The van der Waals surface area contributed by atoms with Gasteiger partial charge in [-0.05, 0) is 13.8 Å². The lowest BCUT2D eigenvalue weighted by Gasteiger charge is -2.17. The van der Waals surface area contributed by atoms with Crippen molar-refractivity contribution in [3.63, 3.8) is 0 Å². The molecule has 6 nitrogen and oxygen atoms in total. The van der Waals surface area contributed by atoms with Crippen LogP contribution in [0.25, 0.3) is 0 Å². The van der Waals surface area contributed by atoms with Crippen molar-refractivity contribution >= 4 is 77.8 Å². The van der Waals surface area contributed by atoms with Crippen LogP contribution >= 0.6 is 46.4 Å². The lowest BCUT2D eigenvalue weighted by atomic mass is 10.3. The van der Waals surface area contributed by atoms with Crippen molar-refractivity contribution in [3.8, 4) is 0 Å². The lowest BCUT2D eigenvalue weighted by Crippen LogP contribution is -2.17. The predicted molar refractivity (Wildman–Crippen MR) is 92.6 cm³/mol. The monoisotopic (exact) mass is 428 g/mol. The van der Waals surface area contributed by atoms with E-state index in [2.05, 4.69) is 9.44 Å². The van der Waals surface area contributed by atoms with Gasteiger partial charge < -0.3 is 0 Å². The van der Waals surface area contributed by atoms with Crippen LogP contribution in [0.5, 0.6) is 0 Å². The van der Waals surface area contributed by atoms with E-state index < -0.39 is 20.0 Å². The van der Waals surface area contributed by atoms with Gasteiger partial charge in [-0.25, -0.2) is 16.8 Å². The van der Waals surface area contributed by atoms with E-state index in [-0.39, 0.29) is 43.0 Å². The Morgan fingerprint density at radius 1 is 0.682 bits per heavy atom. The summed E-state index contributed by atoms with van der Waals surface area (Å²) in [5.41, 5.74) is -0.417. The maximum absolute atomic E-state index is 11.6. The molecule has 22 heavy (non-hydrogen) atoms. The van der Waals surface area contributed by atoms with Gasteiger partial charge in [0.15, 0.2) is 0 Å². The van der Waals surface area contributed by atoms with E-state index in [1.54, 1.807) is 0 Å². The van der Waals surface area contributed by atoms with Crippen molar-refractivity contribution < 1.29 is 16.8 Å². The number of hydrogen-bond donors (Lipinski definition) is 2. The van der Waals surface area contributed by atoms with Gasteiger partial charge in [0.2, 0.25) is 20.0 Å². The molecular formula is C10H12Cl4N2O4S2. The normalized spacial score (nSPS) is 12.3. The highest BCUT2D eigenvalue weighted by Gasteiger charge is 2.25. The molecule has 1 rings (SSSR count). The van der Waals surface area contributed by atoms with Gasteiger partial charge in [0.25, 0.3) is 0 Å². The second-order valence-electron chi connectivity index (χ2n) is 4.02. The SMILES string of the molecule is CCS(=O)(=O)Nc1c(Cl)c(Cl)c(NS(=O)(=O)CC)c(Cl)c1Cl. The number of hydrogen-bond acceptors (Lipinski definition) is 4. The van der Waals surface area contributed by atoms with E-state index in [1.165, 1.54) is 13.8 Å². The van der Waals surface area contributed by atoms with Crippen molar-refractivity contribution in [1.29, 1.82) is 0 Å². The molecule has 0 aliphatic heterocycles. The summed E-state index contributed by atoms with van der Waals surface area (Å²) in [5, 5.41) is -1.05. The van der Waals surface area contributed by atoms with E-state index >= 15 is 0 Å². The van der Waals surface area contributed by atoms with Crippen LogP contribution in [-0.2, 0) is 20.0 Å². The molecule has 0 aliphatic carbocycles. The fraction of sp³-hybridized carbons (Fsp3) is 0.400. The molecule has 0 amide bonds.